The Morgan fingerprint density at radius 3 is 2.59 bits per heavy atom. The van der Waals surface area contributed by atoms with E-state index in [9.17, 15) is 9.90 Å². The van der Waals surface area contributed by atoms with E-state index in [-0.39, 0.29) is 19.7 Å². The van der Waals surface area contributed by atoms with Crippen molar-refractivity contribution >= 4 is 19.3 Å². The lowest BCUT2D eigenvalue weighted by molar-refractivity contribution is 0.0424. The van der Waals surface area contributed by atoms with Crippen LogP contribution in [-0.2, 0) is 6.54 Å². The average molecular weight is 295 g/mol. The fraction of sp³-hybridized carbons (Fsp3) is 0.471. The Balaban J connectivity index is 0.00000144. The third-order valence-electron chi connectivity index (χ3n) is 5.21. The van der Waals surface area contributed by atoms with Gasteiger partial charge < -0.3 is 14.6 Å². The van der Waals surface area contributed by atoms with E-state index in [2.05, 4.69) is 4.90 Å². The zero-order chi connectivity index (χ0) is 14.4. The van der Waals surface area contributed by atoms with Crippen LogP contribution in [0.3, 0.4) is 0 Å². The molecule has 1 N–H and O–H groups in total. The topological polar surface area (TPSA) is 45.5 Å². The van der Waals surface area contributed by atoms with Gasteiger partial charge in [0.15, 0.2) is 0 Å². The minimum Gasteiger partial charge on any atom is -0.507 e. The van der Waals surface area contributed by atoms with Crippen molar-refractivity contribution in [2.24, 2.45) is 11.8 Å². The van der Waals surface area contributed by atoms with Gasteiger partial charge in [-0.15, -0.1) is 0 Å². The van der Waals surface area contributed by atoms with Crippen molar-refractivity contribution in [3.63, 3.8) is 0 Å². The quantitative estimate of drug-likeness (QED) is 0.857. The fourth-order valence-electron chi connectivity index (χ4n) is 4.03. The summed E-state index contributed by atoms with van der Waals surface area (Å²) in [6.45, 7) is 4.30. The van der Waals surface area contributed by atoms with Gasteiger partial charge in [0, 0.05) is 33.0 Å². The first-order valence-electron chi connectivity index (χ1n) is 7.76. The van der Waals surface area contributed by atoms with Crippen LogP contribution >= 0.6 is 0 Å². The fourth-order valence-corrected chi connectivity index (χ4v) is 4.03. The molecular weight excluding hydrogens is 275 g/mol. The maximum atomic E-state index is 12.3. The predicted octanol–water partition coefficient (Wildman–Crippen LogP) is 1.67. The molecule has 2 aromatic rings. The van der Waals surface area contributed by atoms with E-state index in [0.717, 1.165) is 29.9 Å². The normalized spacial score (nSPS) is 26.8. The Bertz CT molecular complexity index is 735. The molecule has 0 aliphatic carbocycles. The van der Waals surface area contributed by atoms with Crippen LogP contribution in [0.4, 0.5) is 0 Å². The molecule has 3 fully saturated rings. The van der Waals surface area contributed by atoms with Gasteiger partial charge in [-0.25, -0.2) is 0 Å². The average Bonchev–Trinajstić information content (AvgIpc) is 2.53. The van der Waals surface area contributed by atoms with E-state index in [0.29, 0.717) is 5.92 Å². The van der Waals surface area contributed by atoms with Gasteiger partial charge in [0.2, 0.25) is 0 Å². The van der Waals surface area contributed by atoms with Crippen LogP contribution in [0, 0.1) is 11.8 Å². The molecule has 1 unspecified atom stereocenters. The highest BCUT2D eigenvalue weighted by Crippen LogP contribution is 2.33. The summed E-state index contributed by atoms with van der Waals surface area (Å²) in [4.78, 5) is 14.8. The lowest BCUT2D eigenvalue weighted by atomic mass is 9.79. The van der Waals surface area contributed by atoms with Crippen LogP contribution in [0.1, 0.15) is 12.8 Å². The van der Waals surface area contributed by atoms with Gasteiger partial charge >= 0.3 is 0 Å². The first-order valence-corrected chi connectivity index (χ1v) is 7.76. The summed E-state index contributed by atoms with van der Waals surface area (Å²) in [5.74, 6) is 1.38. The lowest BCUT2D eigenvalue weighted by Gasteiger charge is -2.45. The monoisotopic (exact) mass is 295 g/mol. The number of piperidine rings is 3. The highest BCUT2D eigenvalue weighted by Gasteiger charge is 2.34. The zero-order valence-electron chi connectivity index (χ0n) is 12.6. The number of aromatic hydroxyl groups is 1. The van der Waals surface area contributed by atoms with Crippen molar-refractivity contribution in [2.45, 2.75) is 19.4 Å². The minimum atomic E-state index is -0.0948. The third kappa shape index (κ3) is 2.43. The Hall–Kier alpha value is -1.75. The molecule has 3 saturated heterocycles. The minimum absolute atomic E-state index is 0. The summed E-state index contributed by atoms with van der Waals surface area (Å²) in [5, 5.41) is 10.7. The van der Waals surface area contributed by atoms with E-state index in [1.807, 2.05) is 28.8 Å². The summed E-state index contributed by atoms with van der Waals surface area (Å²) in [6.07, 6.45) is 2.52. The molecule has 0 amide bonds. The number of hydrogen-bond acceptors (Lipinski definition) is 3. The van der Waals surface area contributed by atoms with Crippen molar-refractivity contribution in [3.05, 3.63) is 40.7 Å². The second-order valence-corrected chi connectivity index (χ2v) is 6.39. The van der Waals surface area contributed by atoms with E-state index in [4.69, 9.17) is 0 Å². The van der Waals surface area contributed by atoms with E-state index in [1.54, 1.807) is 0 Å². The van der Waals surface area contributed by atoms with Crippen LogP contribution in [0.15, 0.2) is 35.1 Å². The van der Waals surface area contributed by atoms with Gasteiger partial charge in [-0.05, 0) is 49.9 Å². The maximum Gasteiger partial charge on any atom is 0.254 e. The van der Waals surface area contributed by atoms with E-state index < -0.39 is 0 Å². The Morgan fingerprint density at radius 2 is 1.91 bits per heavy atom. The standard InChI is InChI=1S/C17H20N2O2.B/c20-16-9-17(21)19(15-4-2-1-3-14(15)16)11-13-10-18-7-5-12(13)6-8-18;/h1-4,9,12-13,20H,5-8,10-11H2;. The molecule has 3 radical (unpaired) electrons. The van der Waals surface area contributed by atoms with Gasteiger partial charge in [-0.2, -0.15) is 0 Å². The second kappa shape index (κ2) is 5.80. The molecule has 2 bridgehead atoms. The Morgan fingerprint density at radius 1 is 1.18 bits per heavy atom. The molecule has 1 atom stereocenters. The Labute approximate surface area is 131 Å². The number of hydrogen-bond donors (Lipinski definition) is 1. The second-order valence-electron chi connectivity index (χ2n) is 6.39. The summed E-state index contributed by atoms with van der Waals surface area (Å²) < 4.78 is 1.85. The zero-order valence-corrected chi connectivity index (χ0v) is 12.6. The number of para-hydroxylation sites is 1. The number of benzene rings is 1. The van der Waals surface area contributed by atoms with Gasteiger partial charge in [-0.3, -0.25) is 4.79 Å². The SMILES string of the molecule is O=c1cc(O)c2ccccc2n1CC1CN2CCC1CC2.[B]. The summed E-state index contributed by atoms with van der Waals surface area (Å²) >= 11 is 0. The molecular formula is C17H20BN2O2. The molecule has 0 spiro atoms. The number of nitrogens with zero attached hydrogens (tertiary/aromatic N) is 2. The van der Waals surface area contributed by atoms with Gasteiger partial charge in [0.1, 0.15) is 5.75 Å². The van der Waals surface area contributed by atoms with E-state index >= 15 is 0 Å². The van der Waals surface area contributed by atoms with Crippen molar-refractivity contribution in [2.75, 3.05) is 19.6 Å². The highest BCUT2D eigenvalue weighted by molar-refractivity contribution is 5.84. The largest absolute Gasteiger partial charge is 0.507 e. The first-order chi connectivity index (χ1) is 10.2. The van der Waals surface area contributed by atoms with Crippen LogP contribution in [0.5, 0.6) is 5.75 Å². The highest BCUT2D eigenvalue weighted by atomic mass is 16.3. The van der Waals surface area contributed by atoms with Gasteiger partial charge in [0.05, 0.1) is 5.52 Å². The van der Waals surface area contributed by atoms with Crippen molar-refractivity contribution in [1.29, 1.82) is 0 Å². The molecule has 0 saturated carbocycles. The summed E-state index contributed by atoms with van der Waals surface area (Å²) in [5.41, 5.74) is 0.751. The number of pyridine rings is 1. The molecule has 113 valence electrons. The maximum absolute atomic E-state index is 12.3. The molecule has 5 heteroatoms. The molecule has 3 aliphatic rings. The smallest absolute Gasteiger partial charge is 0.254 e. The molecule has 3 aliphatic heterocycles. The van der Waals surface area contributed by atoms with Crippen LogP contribution < -0.4 is 5.56 Å². The summed E-state index contributed by atoms with van der Waals surface area (Å²) in [7, 11) is 0. The van der Waals surface area contributed by atoms with E-state index in [1.165, 1.54) is 32.0 Å². The predicted molar refractivity (Wildman–Crippen MR) is 88.3 cm³/mol. The van der Waals surface area contributed by atoms with Crippen LogP contribution in [0.2, 0.25) is 0 Å². The molecule has 22 heavy (non-hydrogen) atoms. The van der Waals surface area contributed by atoms with Gasteiger partial charge in [-0.1, -0.05) is 12.1 Å². The first kappa shape index (κ1) is 15.2. The lowest BCUT2D eigenvalue weighted by Crippen LogP contribution is -2.49. The Kier molecular flexibility index (Phi) is 4.00. The molecule has 1 aromatic carbocycles. The number of rotatable bonds is 2. The van der Waals surface area contributed by atoms with Crippen molar-refractivity contribution in [1.82, 2.24) is 9.47 Å². The van der Waals surface area contributed by atoms with Crippen LogP contribution in [0.25, 0.3) is 10.9 Å². The molecule has 4 heterocycles. The van der Waals surface area contributed by atoms with Crippen molar-refractivity contribution < 1.29 is 5.11 Å². The van der Waals surface area contributed by atoms with Gasteiger partial charge in [0.25, 0.3) is 5.56 Å². The molecule has 5 rings (SSSR count). The number of aromatic nitrogens is 1. The summed E-state index contributed by atoms with van der Waals surface area (Å²) in [6, 6.07) is 8.97. The van der Waals surface area contributed by atoms with Crippen LogP contribution in [-0.4, -0.2) is 42.6 Å². The number of fused-ring (bicyclic) bond motifs is 4. The third-order valence-corrected chi connectivity index (χ3v) is 5.21. The van der Waals surface area contributed by atoms with Crippen molar-refractivity contribution in [3.8, 4) is 5.75 Å². The molecule has 4 nitrogen and oxygen atoms in total. The molecule has 1 aromatic heterocycles.